The minimum absolute atomic E-state index is 0.0708. The first kappa shape index (κ1) is 23.9. The van der Waals surface area contributed by atoms with Crippen LogP contribution in [0.1, 0.15) is 19.4 Å². The Kier molecular flexibility index (Phi) is 7.39. The van der Waals surface area contributed by atoms with Crippen LogP contribution >= 0.6 is 11.6 Å². The van der Waals surface area contributed by atoms with Crippen molar-refractivity contribution in [1.29, 1.82) is 5.41 Å². The van der Waals surface area contributed by atoms with Gasteiger partial charge in [0, 0.05) is 36.1 Å². The number of ether oxygens (including phenoxy) is 1. The highest BCUT2D eigenvalue weighted by molar-refractivity contribution is 6.36. The van der Waals surface area contributed by atoms with Crippen molar-refractivity contribution in [3.05, 3.63) is 40.9 Å². The predicted molar refractivity (Wildman–Crippen MR) is 132 cm³/mol. The summed E-state index contributed by atoms with van der Waals surface area (Å²) >= 11 is 6.37. The van der Waals surface area contributed by atoms with Crippen LogP contribution in [0, 0.1) is 5.41 Å². The molecule has 3 rings (SSSR count). The number of hydrogen-bond donors (Lipinski definition) is 5. The number of methoxy groups -OCH3 is 1. The van der Waals surface area contributed by atoms with E-state index in [4.69, 9.17) is 27.5 Å². The van der Waals surface area contributed by atoms with E-state index < -0.39 is 0 Å². The number of carbonyl (C=O) groups is 1. The Morgan fingerprint density at radius 1 is 1.30 bits per heavy atom. The van der Waals surface area contributed by atoms with Crippen LogP contribution in [0.15, 0.2) is 30.3 Å². The third kappa shape index (κ3) is 5.53. The molecule has 0 aliphatic heterocycles. The fraction of sp³-hybridized carbons (Fsp3) is 0.273. The van der Waals surface area contributed by atoms with Gasteiger partial charge in [0.05, 0.1) is 30.1 Å². The Balaban J connectivity index is 1.82. The molecule has 0 spiro atoms. The molecule has 3 aromatic rings. The van der Waals surface area contributed by atoms with Crippen molar-refractivity contribution in [3.63, 3.8) is 0 Å². The van der Waals surface area contributed by atoms with E-state index in [2.05, 4.69) is 26.0 Å². The number of aromatic nitrogens is 3. The van der Waals surface area contributed by atoms with Crippen LogP contribution in [-0.4, -0.2) is 46.6 Å². The van der Waals surface area contributed by atoms with Crippen molar-refractivity contribution < 1.29 is 9.53 Å². The highest BCUT2D eigenvalue weighted by Crippen LogP contribution is 2.33. The van der Waals surface area contributed by atoms with E-state index in [1.807, 2.05) is 26.0 Å². The van der Waals surface area contributed by atoms with E-state index in [0.717, 1.165) is 11.8 Å². The highest BCUT2D eigenvalue weighted by Gasteiger charge is 2.15. The quantitative estimate of drug-likeness (QED) is 0.238. The van der Waals surface area contributed by atoms with Crippen LogP contribution in [-0.2, 0) is 11.8 Å². The van der Waals surface area contributed by atoms with E-state index in [9.17, 15) is 4.79 Å². The summed E-state index contributed by atoms with van der Waals surface area (Å²) in [5.41, 5.74) is 8.69. The standard InChI is InChI=1S/C22H27ClN8O2/c1-12(2)27-19(32)11-26-16-7-5-13(9-18(16)33-4)21-29-22(31(3)30-21)28-17-8-6-15(25)14(10-24)20(17)23/h5-10,12,24,26H,11,25H2,1-4H3,(H,27,32)(H,28,29,30). The summed E-state index contributed by atoms with van der Waals surface area (Å²) in [6.45, 7) is 3.94. The SMILES string of the molecule is COc1cc(-c2nc(Nc3ccc(N)c(C=N)c3Cl)n(C)n2)ccc1NCC(=O)NC(C)C. The first-order valence-electron chi connectivity index (χ1n) is 10.2. The molecule has 0 radical (unpaired) electrons. The number of nitrogens with one attached hydrogen (secondary N) is 4. The molecule has 10 nitrogen and oxygen atoms in total. The van der Waals surface area contributed by atoms with E-state index in [1.165, 1.54) is 0 Å². The maximum Gasteiger partial charge on any atom is 0.239 e. The maximum atomic E-state index is 11.9. The molecule has 0 aliphatic carbocycles. The number of rotatable bonds is 9. The normalized spacial score (nSPS) is 10.7. The monoisotopic (exact) mass is 470 g/mol. The summed E-state index contributed by atoms with van der Waals surface area (Å²) in [7, 11) is 3.31. The molecule has 0 saturated carbocycles. The average Bonchev–Trinajstić information content (AvgIpc) is 3.14. The molecule has 11 heteroatoms. The number of benzene rings is 2. The molecule has 1 aromatic heterocycles. The zero-order chi connectivity index (χ0) is 24.1. The molecular formula is C22H27ClN8O2. The number of nitrogen functional groups attached to an aromatic ring is 1. The van der Waals surface area contributed by atoms with Crippen molar-refractivity contribution in [3.8, 4) is 17.1 Å². The number of halogens is 1. The molecule has 0 unspecified atom stereocenters. The number of amides is 1. The third-order valence-electron chi connectivity index (χ3n) is 4.72. The number of hydrogen-bond acceptors (Lipinski definition) is 8. The Morgan fingerprint density at radius 3 is 2.70 bits per heavy atom. The largest absolute Gasteiger partial charge is 0.495 e. The second-order valence-electron chi connectivity index (χ2n) is 7.57. The smallest absolute Gasteiger partial charge is 0.239 e. The average molecular weight is 471 g/mol. The molecule has 1 amide bonds. The van der Waals surface area contributed by atoms with E-state index >= 15 is 0 Å². The number of nitrogens with zero attached hydrogens (tertiary/aromatic N) is 3. The first-order chi connectivity index (χ1) is 15.7. The van der Waals surface area contributed by atoms with Gasteiger partial charge in [-0.25, -0.2) is 4.68 Å². The summed E-state index contributed by atoms with van der Waals surface area (Å²) < 4.78 is 7.07. The predicted octanol–water partition coefficient (Wildman–Crippen LogP) is 3.40. The van der Waals surface area contributed by atoms with Crippen LogP contribution in [0.2, 0.25) is 5.02 Å². The lowest BCUT2D eigenvalue weighted by molar-refractivity contribution is -0.119. The fourth-order valence-corrected chi connectivity index (χ4v) is 3.39. The first-order valence-corrected chi connectivity index (χ1v) is 10.6. The van der Waals surface area contributed by atoms with Crippen molar-refractivity contribution in [2.24, 2.45) is 7.05 Å². The molecule has 33 heavy (non-hydrogen) atoms. The zero-order valence-electron chi connectivity index (χ0n) is 18.9. The number of anilines is 4. The molecule has 0 atom stereocenters. The van der Waals surface area contributed by atoms with Gasteiger partial charge in [-0.1, -0.05) is 11.6 Å². The molecule has 1 heterocycles. The van der Waals surface area contributed by atoms with Gasteiger partial charge in [0.25, 0.3) is 0 Å². The van der Waals surface area contributed by atoms with Crippen LogP contribution in [0.3, 0.4) is 0 Å². The van der Waals surface area contributed by atoms with Crippen molar-refractivity contribution >= 4 is 46.7 Å². The molecule has 174 valence electrons. The van der Waals surface area contributed by atoms with Crippen LogP contribution in [0.25, 0.3) is 11.4 Å². The number of aryl methyl sites for hydroxylation is 1. The molecule has 6 N–H and O–H groups in total. The Bertz CT molecular complexity index is 1180. The molecule has 0 fully saturated rings. The van der Waals surface area contributed by atoms with Gasteiger partial charge in [-0.15, -0.1) is 5.10 Å². The summed E-state index contributed by atoms with van der Waals surface area (Å²) in [4.78, 5) is 16.5. The van der Waals surface area contributed by atoms with E-state index in [0.29, 0.717) is 45.2 Å². The van der Waals surface area contributed by atoms with Crippen LogP contribution < -0.4 is 26.4 Å². The second kappa shape index (κ2) is 10.2. The molecule has 0 saturated heterocycles. The third-order valence-corrected chi connectivity index (χ3v) is 5.12. The molecule has 0 aliphatic rings. The number of carbonyl (C=O) groups excluding carboxylic acids is 1. The molecule has 2 aromatic carbocycles. The van der Waals surface area contributed by atoms with E-state index in [1.54, 1.807) is 37.0 Å². The van der Waals surface area contributed by atoms with Gasteiger partial charge in [0.2, 0.25) is 11.9 Å². The van der Waals surface area contributed by atoms with Gasteiger partial charge in [0.15, 0.2) is 5.82 Å². The van der Waals surface area contributed by atoms with Crippen LogP contribution in [0.5, 0.6) is 5.75 Å². The van der Waals surface area contributed by atoms with Gasteiger partial charge in [-0.2, -0.15) is 4.98 Å². The Labute approximate surface area is 197 Å². The second-order valence-corrected chi connectivity index (χ2v) is 7.95. The van der Waals surface area contributed by atoms with Gasteiger partial charge >= 0.3 is 0 Å². The minimum Gasteiger partial charge on any atom is -0.495 e. The fourth-order valence-electron chi connectivity index (χ4n) is 3.11. The highest BCUT2D eigenvalue weighted by atomic mass is 35.5. The molecule has 0 bridgehead atoms. The van der Waals surface area contributed by atoms with Gasteiger partial charge < -0.3 is 31.8 Å². The van der Waals surface area contributed by atoms with Crippen molar-refractivity contribution in [1.82, 2.24) is 20.1 Å². The van der Waals surface area contributed by atoms with Crippen LogP contribution in [0.4, 0.5) is 23.0 Å². The summed E-state index contributed by atoms with van der Waals surface area (Å²) in [5.74, 6) is 1.38. The summed E-state index contributed by atoms with van der Waals surface area (Å²) in [5, 5.41) is 21.3. The van der Waals surface area contributed by atoms with Gasteiger partial charge in [-0.05, 0) is 44.2 Å². The van der Waals surface area contributed by atoms with E-state index in [-0.39, 0.29) is 18.5 Å². The lowest BCUT2D eigenvalue weighted by atomic mass is 10.1. The van der Waals surface area contributed by atoms with Crippen molar-refractivity contribution in [2.45, 2.75) is 19.9 Å². The minimum atomic E-state index is -0.106. The lowest BCUT2D eigenvalue weighted by Gasteiger charge is -2.13. The van der Waals surface area contributed by atoms with Gasteiger partial charge in [-0.3, -0.25) is 4.79 Å². The summed E-state index contributed by atoms with van der Waals surface area (Å²) in [6.07, 6.45) is 1.11. The number of nitrogens with two attached hydrogens (primary N) is 1. The zero-order valence-corrected chi connectivity index (χ0v) is 19.6. The van der Waals surface area contributed by atoms with Crippen molar-refractivity contribution in [2.75, 3.05) is 30.0 Å². The van der Waals surface area contributed by atoms with Gasteiger partial charge in [0.1, 0.15) is 5.75 Å². The molecular weight excluding hydrogens is 444 g/mol. The topological polar surface area (TPSA) is 143 Å². The lowest BCUT2D eigenvalue weighted by Crippen LogP contribution is -2.34. The maximum absolute atomic E-state index is 11.9. The summed E-state index contributed by atoms with van der Waals surface area (Å²) in [6, 6.07) is 8.91. The Morgan fingerprint density at radius 2 is 2.03 bits per heavy atom. The Hall–Kier alpha value is -3.79.